The average molecular weight is 303 g/mol. The van der Waals surface area contributed by atoms with Crippen molar-refractivity contribution in [3.05, 3.63) is 35.4 Å². The maximum Gasteiger partial charge on any atom is 0.224 e. The number of hydrogen-bond acceptors (Lipinski definition) is 2. The normalized spacial score (nSPS) is 21.5. The highest BCUT2D eigenvalue weighted by Crippen LogP contribution is 2.23. The lowest BCUT2D eigenvalue weighted by Gasteiger charge is -2.28. The Hall–Kier alpha value is -1.35. The number of benzene rings is 1. The molecule has 1 saturated carbocycles. The lowest BCUT2D eigenvalue weighted by molar-refractivity contribution is -0.121. The number of amides is 1. The minimum Gasteiger partial charge on any atom is -0.396 e. The smallest absolute Gasteiger partial charge is 0.224 e. The van der Waals surface area contributed by atoms with E-state index in [1.807, 2.05) is 0 Å². The summed E-state index contributed by atoms with van der Waals surface area (Å²) < 4.78 is 0. The second-order valence-corrected chi connectivity index (χ2v) is 6.56. The molecule has 0 spiro atoms. The molecule has 1 aromatic carbocycles. The Bertz CT molecular complexity index is 447. The first kappa shape index (κ1) is 17.0. The van der Waals surface area contributed by atoms with Gasteiger partial charge < -0.3 is 10.4 Å². The molecule has 1 aliphatic rings. The Morgan fingerprint density at radius 1 is 1.14 bits per heavy atom. The molecule has 0 bridgehead atoms. The van der Waals surface area contributed by atoms with Crippen molar-refractivity contribution < 1.29 is 9.90 Å². The van der Waals surface area contributed by atoms with Crippen molar-refractivity contribution in [1.29, 1.82) is 0 Å². The fourth-order valence-electron chi connectivity index (χ4n) is 3.16. The van der Waals surface area contributed by atoms with Crippen LogP contribution in [0.5, 0.6) is 0 Å². The minimum absolute atomic E-state index is 0.119. The highest BCUT2D eigenvalue weighted by Gasteiger charge is 2.21. The molecule has 0 radical (unpaired) electrons. The van der Waals surface area contributed by atoms with Gasteiger partial charge in [0.1, 0.15) is 0 Å². The second-order valence-electron chi connectivity index (χ2n) is 6.56. The summed E-state index contributed by atoms with van der Waals surface area (Å²) in [5.74, 6) is 0.553. The molecule has 122 valence electrons. The predicted molar refractivity (Wildman–Crippen MR) is 89.7 cm³/mol. The Morgan fingerprint density at radius 3 is 2.36 bits per heavy atom. The van der Waals surface area contributed by atoms with Gasteiger partial charge in [0.15, 0.2) is 0 Å². The Balaban J connectivity index is 1.75. The summed E-state index contributed by atoms with van der Waals surface area (Å²) in [5, 5.41) is 12.3. The molecule has 0 atom stereocenters. The maximum atomic E-state index is 12.1. The molecular weight excluding hydrogens is 274 g/mol. The molecular formula is C19H29NO2. The molecule has 1 fully saturated rings. The zero-order valence-electron chi connectivity index (χ0n) is 13.7. The van der Waals surface area contributed by atoms with Gasteiger partial charge in [-0.2, -0.15) is 0 Å². The van der Waals surface area contributed by atoms with Crippen molar-refractivity contribution in [3.8, 4) is 0 Å². The van der Waals surface area contributed by atoms with Crippen LogP contribution in [0.3, 0.4) is 0 Å². The SMILES string of the molecule is CCCCc1ccc(CC(=O)NC2CCC(CO)CC2)cc1. The van der Waals surface area contributed by atoms with Crippen LogP contribution in [-0.2, 0) is 17.6 Å². The zero-order valence-corrected chi connectivity index (χ0v) is 13.7. The standard InChI is InChI=1S/C19H29NO2/c1-2-3-4-15-5-7-16(8-6-15)13-19(22)20-18-11-9-17(14-21)10-12-18/h5-8,17-18,21H,2-4,9-14H2,1H3,(H,20,22). The van der Waals surface area contributed by atoms with Crippen molar-refractivity contribution in [3.63, 3.8) is 0 Å². The van der Waals surface area contributed by atoms with Crippen molar-refractivity contribution in [2.24, 2.45) is 5.92 Å². The van der Waals surface area contributed by atoms with E-state index in [0.29, 0.717) is 18.4 Å². The fourth-order valence-corrected chi connectivity index (χ4v) is 3.16. The summed E-state index contributed by atoms with van der Waals surface area (Å²) in [7, 11) is 0. The Morgan fingerprint density at radius 2 is 1.77 bits per heavy atom. The lowest BCUT2D eigenvalue weighted by Crippen LogP contribution is -2.38. The van der Waals surface area contributed by atoms with Crippen LogP contribution < -0.4 is 5.32 Å². The predicted octanol–water partition coefficient (Wildman–Crippen LogP) is 3.24. The number of nitrogens with one attached hydrogen (secondary N) is 1. The number of carbonyl (C=O) groups is 1. The molecule has 2 N–H and O–H groups in total. The van der Waals surface area contributed by atoms with E-state index in [-0.39, 0.29) is 12.5 Å². The van der Waals surface area contributed by atoms with E-state index in [9.17, 15) is 4.79 Å². The van der Waals surface area contributed by atoms with Crippen LogP contribution >= 0.6 is 0 Å². The fraction of sp³-hybridized carbons (Fsp3) is 0.632. The quantitative estimate of drug-likeness (QED) is 0.812. The number of aliphatic hydroxyl groups excluding tert-OH is 1. The summed E-state index contributed by atoms with van der Waals surface area (Å²) in [6, 6.07) is 8.73. The van der Waals surface area contributed by atoms with E-state index in [4.69, 9.17) is 5.11 Å². The Labute approximate surface area is 134 Å². The summed E-state index contributed by atoms with van der Waals surface area (Å²) in [5.41, 5.74) is 2.44. The zero-order chi connectivity index (χ0) is 15.8. The van der Waals surface area contributed by atoms with Gasteiger partial charge >= 0.3 is 0 Å². The van der Waals surface area contributed by atoms with Gasteiger partial charge in [-0.05, 0) is 55.6 Å². The van der Waals surface area contributed by atoms with E-state index in [1.54, 1.807) is 0 Å². The summed E-state index contributed by atoms with van der Waals surface area (Å²) >= 11 is 0. The third-order valence-electron chi connectivity index (χ3n) is 4.68. The second kappa shape index (κ2) is 8.94. The van der Waals surface area contributed by atoms with Crippen LogP contribution in [0.4, 0.5) is 0 Å². The number of aryl methyl sites for hydroxylation is 1. The van der Waals surface area contributed by atoms with E-state index in [0.717, 1.165) is 37.7 Å². The lowest BCUT2D eigenvalue weighted by atomic mass is 9.86. The van der Waals surface area contributed by atoms with Gasteiger partial charge in [-0.25, -0.2) is 0 Å². The van der Waals surface area contributed by atoms with Crippen molar-refractivity contribution >= 4 is 5.91 Å². The molecule has 3 heteroatoms. The highest BCUT2D eigenvalue weighted by molar-refractivity contribution is 5.78. The molecule has 1 aliphatic carbocycles. The van der Waals surface area contributed by atoms with Gasteiger partial charge in [-0.3, -0.25) is 4.79 Å². The van der Waals surface area contributed by atoms with E-state index in [2.05, 4.69) is 36.5 Å². The van der Waals surface area contributed by atoms with Gasteiger partial charge in [-0.1, -0.05) is 37.6 Å². The summed E-state index contributed by atoms with van der Waals surface area (Å²) in [6.07, 6.45) is 8.05. The number of aliphatic hydroxyl groups is 1. The van der Waals surface area contributed by atoms with Gasteiger partial charge in [0, 0.05) is 12.6 Å². The molecule has 3 nitrogen and oxygen atoms in total. The van der Waals surface area contributed by atoms with E-state index in [1.165, 1.54) is 18.4 Å². The van der Waals surface area contributed by atoms with Crippen LogP contribution in [0.25, 0.3) is 0 Å². The van der Waals surface area contributed by atoms with Crippen LogP contribution in [0.1, 0.15) is 56.6 Å². The molecule has 0 saturated heterocycles. The van der Waals surface area contributed by atoms with Crippen LogP contribution in [-0.4, -0.2) is 23.7 Å². The monoisotopic (exact) mass is 303 g/mol. The molecule has 0 unspecified atom stereocenters. The summed E-state index contributed by atoms with van der Waals surface area (Å²) in [6.45, 7) is 2.48. The number of unbranched alkanes of at least 4 members (excludes halogenated alkanes) is 1. The number of rotatable bonds is 7. The average Bonchev–Trinajstić information content (AvgIpc) is 2.55. The number of hydrogen-bond donors (Lipinski definition) is 2. The summed E-state index contributed by atoms with van der Waals surface area (Å²) in [4.78, 5) is 12.1. The number of carbonyl (C=O) groups excluding carboxylic acids is 1. The first-order chi connectivity index (χ1) is 10.7. The van der Waals surface area contributed by atoms with E-state index < -0.39 is 0 Å². The van der Waals surface area contributed by atoms with Crippen molar-refractivity contribution in [2.45, 2.75) is 64.3 Å². The largest absolute Gasteiger partial charge is 0.396 e. The maximum absolute atomic E-state index is 12.1. The third kappa shape index (κ3) is 5.45. The molecule has 0 aromatic heterocycles. The molecule has 2 rings (SSSR count). The van der Waals surface area contributed by atoms with Gasteiger partial charge in [0.05, 0.1) is 6.42 Å². The highest BCUT2D eigenvalue weighted by atomic mass is 16.3. The Kier molecular flexibility index (Phi) is 6.91. The molecule has 0 heterocycles. The molecule has 1 aromatic rings. The van der Waals surface area contributed by atoms with Gasteiger partial charge in [-0.15, -0.1) is 0 Å². The topological polar surface area (TPSA) is 49.3 Å². The molecule has 22 heavy (non-hydrogen) atoms. The third-order valence-corrected chi connectivity index (χ3v) is 4.68. The van der Waals surface area contributed by atoms with Crippen molar-refractivity contribution in [1.82, 2.24) is 5.32 Å². The first-order valence-electron chi connectivity index (χ1n) is 8.69. The van der Waals surface area contributed by atoms with Gasteiger partial charge in [0.25, 0.3) is 0 Å². The minimum atomic E-state index is 0.119. The van der Waals surface area contributed by atoms with Gasteiger partial charge in [0.2, 0.25) is 5.91 Å². The van der Waals surface area contributed by atoms with E-state index >= 15 is 0 Å². The van der Waals surface area contributed by atoms with Crippen LogP contribution in [0.15, 0.2) is 24.3 Å². The first-order valence-corrected chi connectivity index (χ1v) is 8.69. The molecule has 1 amide bonds. The molecule has 0 aliphatic heterocycles. The van der Waals surface area contributed by atoms with Crippen LogP contribution in [0.2, 0.25) is 0 Å². The van der Waals surface area contributed by atoms with Crippen molar-refractivity contribution in [2.75, 3.05) is 6.61 Å². The van der Waals surface area contributed by atoms with Crippen LogP contribution in [0, 0.1) is 5.92 Å².